The first kappa shape index (κ1) is 23.8. The molecule has 0 saturated heterocycles. The summed E-state index contributed by atoms with van der Waals surface area (Å²) < 4.78 is 0. The lowest BCUT2D eigenvalue weighted by molar-refractivity contribution is -0.136. The summed E-state index contributed by atoms with van der Waals surface area (Å²) >= 11 is 0. The van der Waals surface area contributed by atoms with Crippen molar-refractivity contribution in [3.63, 3.8) is 0 Å². The molecule has 144 valence electrons. The van der Waals surface area contributed by atoms with Gasteiger partial charge in [0.1, 0.15) is 6.29 Å². The van der Waals surface area contributed by atoms with Gasteiger partial charge in [0.05, 0.1) is 0 Å². The van der Waals surface area contributed by atoms with Crippen LogP contribution in [0.5, 0.6) is 0 Å². The molecule has 0 amide bonds. The maximum Gasteiger partial charge on any atom is 0.303 e. The lowest BCUT2D eigenvalue weighted by atomic mass is 9.72. The van der Waals surface area contributed by atoms with Crippen molar-refractivity contribution < 1.29 is 14.7 Å². The lowest BCUT2D eigenvalue weighted by Gasteiger charge is -2.32. The maximum atomic E-state index is 10.3. The standard InChI is InChI=1S/C20H28O.C3H6O2/c1-16(8-6-9-17(2)13-15-21)11-12-19-18(3)10-7-14-20(19,4)5;1-2-3(4)5/h6,8-9,11-13,15H,7,10,14H2,1-5H3;2H2,1H3,(H,4,5). The summed E-state index contributed by atoms with van der Waals surface area (Å²) in [6.45, 7) is 12.5. The van der Waals surface area contributed by atoms with Crippen molar-refractivity contribution in [1.82, 2.24) is 0 Å². The van der Waals surface area contributed by atoms with Crippen LogP contribution in [0.4, 0.5) is 0 Å². The molecule has 26 heavy (non-hydrogen) atoms. The molecule has 0 heterocycles. The summed E-state index contributed by atoms with van der Waals surface area (Å²) in [5.41, 5.74) is 5.48. The molecule has 0 aromatic rings. The highest BCUT2D eigenvalue weighted by molar-refractivity contribution is 5.67. The van der Waals surface area contributed by atoms with E-state index >= 15 is 0 Å². The monoisotopic (exact) mass is 358 g/mol. The summed E-state index contributed by atoms with van der Waals surface area (Å²) in [6, 6.07) is 0. The van der Waals surface area contributed by atoms with Crippen molar-refractivity contribution in [3.8, 4) is 0 Å². The van der Waals surface area contributed by atoms with Crippen LogP contribution in [0.3, 0.4) is 0 Å². The van der Waals surface area contributed by atoms with E-state index in [9.17, 15) is 9.59 Å². The van der Waals surface area contributed by atoms with E-state index in [2.05, 4.69) is 45.9 Å². The third-order valence-electron chi connectivity index (χ3n) is 4.41. The number of aliphatic carboxylic acids is 1. The van der Waals surface area contributed by atoms with Crippen LogP contribution in [0.25, 0.3) is 0 Å². The Kier molecular flexibility index (Phi) is 11.2. The minimum absolute atomic E-state index is 0.222. The molecule has 0 bridgehead atoms. The van der Waals surface area contributed by atoms with Crippen LogP contribution in [0.15, 0.2) is 58.7 Å². The number of hydrogen-bond donors (Lipinski definition) is 1. The van der Waals surface area contributed by atoms with E-state index in [4.69, 9.17) is 5.11 Å². The van der Waals surface area contributed by atoms with Crippen LogP contribution in [0, 0.1) is 5.41 Å². The van der Waals surface area contributed by atoms with Crippen LogP contribution in [-0.2, 0) is 9.59 Å². The Labute approximate surface area is 158 Å². The number of aldehydes is 1. The Hall–Kier alpha value is -2.16. The third-order valence-corrected chi connectivity index (χ3v) is 4.41. The molecule has 0 saturated carbocycles. The van der Waals surface area contributed by atoms with Crippen molar-refractivity contribution in [2.24, 2.45) is 5.41 Å². The average Bonchev–Trinajstić information content (AvgIpc) is 2.54. The van der Waals surface area contributed by atoms with E-state index in [0.717, 1.165) is 11.9 Å². The molecule has 0 aromatic carbocycles. The summed E-state index contributed by atoms with van der Waals surface area (Å²) in [7, 11) is 0. The van der Waals surface area contributed by atoms with Crippen LogP contribution >= 0.6 is 0 Å². The maximum absolute atomic E-state index is 10.3. The van der Waals surface area contributed by atoms with E-state index in [1.54, 1.807) is 13.0 Å². The summed E-state index contributed by atoms with van der Waals surface area (Å²) in [4.78, 5) is 19.7. The number of carbonyl (C=O) groups is 2. The minimum atomic E-state index is -0.745. The van der Waals surface area contributed by atoms with Gasteiger partial charge in [0.25, 0.3) is 0 Å². The Morgan fingerprint density at radius 2 is 1.73 bits per heavy atom. The fraction of sp³-hybridized carbons (Fsp3) is 0.478. The zero-order valence-electron chi connectivity index (χ0n) is 17.1. The van der Waals surface area contributed by atoms with Crippen molar-refractivity contribution in [1.29, 1.82) is 0 Å². The molecule has 0 unspecified atom stereocenters. The van der Waals surface area contributed by atoms with E-state index in [1.807, 2.05) is 19.1 Å². The predicted molar refractivity (Wildman–Crippen MR) is 110 cm³/mol. The first-order valence-corrected chi connectivity index (χ1v) is 9.21. The molecule has 1 N–H and O–H groups in total. The molecule has 0 atom stereocenters. The van der Waals surface area contributed by atoms with Gasteiger partial charge in [0.15, 0.2) is 0 Å². The van der Waals surface area contributed by atoms with Gasteiger partial charge in [0, 0.05) is 6.42 Å². The molecule has 0 radical (unpaired) electrons. The SMILES string of the molecule is CC(C=CC=C(C)C=CC1=C(C)CCCC1(C)C)=CC=O.CCC(=O)O. The Morgan fingerprint density at radius 1 is 1.15 bits per heavy atom. The zero-order chi connectivity index (χ0) is 20.2. The van der Waals surface area contributed by atoms with Gasteiger partial charge in [-0.1, -0.05) is 62.3 Å². The number of carboxylic acids is 1. The summed E-state index contributed by atoms with van der Waals surface area (Å²) in [6.07, 6.45) is 16.9. The highest BCUT2D eigenvalue weighted by Crippen LogP contribution is 2.40. The van der Waals surface area contributed by atoms with Gasteiger partial charge in [-0.25, -0.2) is 0 Å². The molecule has 1 rings (SSSR count). The summed E-state index contributed by atoms with van der Waals surface area (Å²) in [5, 5.41) is 7.72. The number of carbonyl (C=O) groups excluding carboxylic acids is 1. The normalized spacial score (nSPS) is 18.1. The fourth-order valence-corrected chi connectivity index (χ4v) is 2.80. The largest absolute Gasteiger partial charge is 0.481 e. The van der Waals surface area contributed by atoms with Crippen molar-refractivity contribution in [3.05, 3.63) is 58.7 Å². The first-order valence-electron chi connectivity index (χ1n) is 9.21. The third kappa shape index (κ3) is 9.97. The Balaban J connectivity index is 0.00000110. The minimum Gasteiger partial charge on any atom is -0.481 e. The fourth-order valence-electron chi connectivity index (χ4n) is 2.80. The molecule has 3 nitrogen and oxygen atoms in total. The molecule has 1 aliphatic carbocycles. The van der Waals surface area contributed by atoms with Crippen LogP contribution in [0.1, 0.15) is 67.2 Å². The zero-order valence-corrected chi connectivity index (χ0v) is 17.1. The number of allylic oxidation sites excluding steroid dienone is 10. The van der Waals surface area contributed by atoms with E-state index < -0.39 is 5.97 Å². The summed E-state index contributed by atoms with van der Waals surface area (Å²) in [5.74, 6) is -0.745. The second kappa shape index (κ2) is 12.2. The van der Waals surface area contributed by atoms with Crippen molar-refractivity contribution in [2.75, 3.05) is 0 Å². The topological polar surface area (TPSA) is 54.4 Å². The first-order chi connectivity index (χ1) is 12.1. The smallest absolute Gasteiger partial charge is 0.303 e. The van der Waals surface area contributed by atoms with Crippen LogP contribution in [0.2, 0.25) is 0 Å². The molecule has 1 aliphatic rings. The number of rotatable bonds is 6. The van der Waals surface area contributed by atoms with Gasteiger partial charge in [-0.2, -0.15) is 0 Å². The molecule has 0 spiro atoms. The van der Waals surface area contributed by atoms with Gasteiger partial charge in [-0.05, 0) is 62.7 Å². The van der Waals surface area contributed by atoms with Gasteiger partial charge in [0.2, 0.25) is 0 Å². The second-order valence-corrected chi connectivity index (χ2v) is 7.33. The quantitative estimate of drug-likeness (QED) is 0.349. The second-order valence-electron chi connectivity index (χ2n) is 7.33. The number of carboxylic acid groups (broad SMARTS) is 1. The van der Waals surface area contributed by atoms with Crippen molar-refractivity contribution in [2.45, 2.75) is 67.2 Å². The van der Waals surface area contributed by atoms with E-state index in [-0.39, 0.29) is 11.8 Å². The highest BCUT2D eigenvalue weighted by Gasteiger charge is 2.26. The van der Waals surface area contributed by atoms with E-state index in [0.29, 0.717) is 0 Å². The Bertz CT molecular complexity index is 626. The molecule has 0 aliphatic heterocycles. The number of hydrogen-bond acceptors (Lipinski definition) is 2. The average molecular weight is 359 g/mol. The predicted octanol–water partition coefficient (Wildman–Crippen LogP) is 6.20. The van der Waals surface area contributed by atoms with Crippen molar-refractivity contribution >= 4 is 12.3 Å². The van der Waals surface area contributed by atoms with E-state index in [1.165, 1.54) is 36.0 Å². The Morgan fingerprint density at radius 3 is 2.23 bits per heavy atom. The molecule has 0 fully saturated rings. The molecule has 3 heteroatoms. The van der Waals surface area contributed by atoms with Gasteiger partial charge in [-0.15, -0.1) is 0 Å². The molecule has 0 aromatic heterocycles. The molecular weight excluding hydrogens is 324 g/mol. The van der Waals surface area contributed by atoms with Crippen LogP contribution in [-0.4, -0.2) is 17.4 Å². The highest BCUT2D eigenvalue weighted by atomic mass is 16.4. The van der Waals surface area contributed by atoms with Gasteiger partial charge in [-0.3, -0.25) is 9.59 Å². The van der Waals surface area contributed by atoms with Gasteiger partial charge >= 0.3 is 5.97 Å². The lowest BCUT2D eigenvalue weighted by Crippen LogP contribution is -2.19. The van der Waals surface area contributed by atoms with Gasteiger partial charge < -0.3 is 5.11 Å². The van der Waals surface area contributed by atoms with Crippen LogP contribution < -0.4 is 0 Å². The molecular formula is C23H34O3.